The van der Waals surface area contributed by atoms with E-state index in [4.69, 9.17) is 11.6 Å². The van der Waals surface area contributed by atoms with Crippen LogP contribution in [0.5, 0.6) is 0 Å². The number of aromatic nitrogens is 1. The van der Waals surface area contributed by atoms with Crippen LogP contribution in [0.2, 0.25) is 5.15 Å². The van der Waals surface area contributed by atoms with Gasteiger partial charge in [0, 0.05) is 6.04 Å². The van der Waals surface area contributed by atoms with Gasteiger partial charge in [-0.3, -0.25) is 4.79 Å². The van der Waals surface area contributed by atoms with Gasteiger partial charge in [0.05, 0.1) is 5.69 Å². The molecule has 1 N–H and O–H groups in total. The molecule has 96 valence electrons. The van der Waals surface area contributed by atoms with Crippen LogP contribution in [0.3, 0.4) is 0 Å². The summed E-state index contributed by atoms with van der Waals surface area (Å²) in [6, 6.07) is 3.78. The lowest BCUT2D eigenvalue weighted by Gasteiger charge is -2.39. The van der Waals surface area contributed by atoms with Crippen LogP contribution in [-0.2, 0) is 4.79 Å². The minimum atomic E-state index is -0.174. The number of amides is 1. The third-order valence-electron chi connectivity index (χ3n) is 3.86. The topological polar surface area (TPSA) is 45.2 Å². The van der Waals surface area contributed by atoms with Gasteiger partial charge in [-0.2, -0.15) is 0 Å². The van der Waals surface area contributed by atoms with E-state index < -0.39 is 0 Å². The Morgan fingerprint density at radius 2 is 2.11 bits per heavy atom. The molecule has 1 fully saturated rings. The number of anilines is 2. The van der Waals surface area contributed by atoms with E-state index in [1.807, 2.05) is 13.0 Å². The Bertz CT molecular complexity index is 485. The Morgan fingerprint density at radius 3 is 2.83 bits per heavy atom. The van der Waals surface area contributed by atoms with E-state index in [1.165, 1.54) is 12.8 Å². The average Bonchev–Trinajstić information content (AvgIpc) is 2.85. The summed E-state index contributed by atoms with van der Waals surface area (Å²) < 4.78 is 0. The fourth-order valence-electron chi connectivity index (χ4n) is 2.94. The van der Waals surface area contributed by atoms with Gasteiger partial charge in [-0.1, -0.05) is 24.4 Å². The minimum absolute atomic E-state index is 0.0403. The summed E-state index contributed by atoms with van der Waals surface area (Å²) in [5.74, 6) is 0.861. The lowest BCUT2D eigenvalue weighted by molar-refractivity contribution is -0.117. The quantitative estimate of drug-likeness (QED) is 0.794. The fraction of sp³-hybridized carbons (Fsp3) is 0.538. The van der Waals surface area contributed by atoms with Crippen LogP contribution in [0.1, 0.15) is 32.6 Å². The van der Waals surface area contributed by atoms with E-state index >= 15 is 0 Å². The molecule has 1 amide bonds. The van der Waals surface area contributed by atoms with Gasteiger partial charge in [-0.15, -0.1) is 0 Å². The van der Waals surface area contributed by atoms with Gasteiger partial charge in [0.15, 0.2) is 5.82 Å². The molecule has 0 aromatic carbocycles. The third kappa shape index (κ3) is 1.85. The number of nitrogens with one attached hydrogen (secondary N) is 1. The number of hydrogen-bond donors (Lipinski definition) is 1. The summed E-state index contributed by atoms with van der Waals surface area (Å²) in [5, 5.41) is 3.36. The van der Waals surface area contributed by atoms with Crippen LogP contribution in [0.4, 0.5) is 11.5 Å². The van der Waals surface area contributed by atoms with Crippen LogP contribution >= 0.6 is 11.6 Å². The van der Waals surface area contributed by atoms with E-state index in [2.05, 4.69) is 15.2 Å². The van der Waals surface area contributed by atoms with Crippen molar-refractivity contribution in [1.29, 1.82) is 0 Å². The normalized spacial score (nSPS) is 24.0. The molecule has 1 atom stereocenters. The maximum absolute atomic E-state index is 12.0. The standard InChI is InChI=1S/C13H16ClN3O/c1-8-13(18)15-10-6-7-11(14)16-12(10)17(8)9-4-2-3-5-9/h6-9H,2-5H2,1H3,(H,15,18)/t8-/m1/s1. The van der Waals surface area contributed by atoms with Crippen molar-refractivity contribution in [3.8, 4) is 0 Å². The van der Waals surface area contributed by atoms with Gasteiger partial charge in [-0.25, -0.2) is 4.98 Å². The number of carbonyl (C=O) groups excluding carboxylic acids is 1. The average molecular weight is 266 g/mol. The van der Waals surface area contributed by atoms with Crippen LogP contribution in [0.15, 0.2) is 12.1 Å². The number of pyridine rings is 1. The molecule has 1 aliphatic heterocycles. The van der Waals surface area contributed by atoms with Gasteiger partial charge in [-0.05, 0) is 31.9 Å². The molecule has 1 aliphatic carbocycles. The predicted molar refractivity (Wildman–Crippen MR) is 72.1 cm³/mol. The van der Waals surface area contributed by atoms with Crippen LogP contribution < -0.4 is 10.2 Å². The maximum atomic E-state index is 12.0. The van der Waals surface area contributed by atoms with E-state index in [0.717, 1.165) is 24.3 Å². The van der Waals surface area contributed by atoms with Crippen molar-refractivity contribution in [2.45, 2.75) is 44.7 Å². The lowest BCUT2D eigenvalue weighted by Crippen LogP contribution is -2.51. The van der Waals surface area contributed by atoms with Crippen LogP contribution in [-0.4, -0.2) is 23.0 Å². The zero-order valence-electron chi connectivity index (χ0n) is 10.3. The second kappa shape index (κ2) is 4.43. The largest absolute Gasteiger partial charge is 0.340 e. The van der Waals surface area contributed by atoms with Gasteiger partial charge in [0.1, 0.15) is 11.2 Å². The first-order valence-corrected chi connectivity index (χ1v) is 6.80. The number of nitrogens with zero attached hydrogens (tertiary/aromatic N) is 2. The zero-order valence-corrected chi connectivity index (χ0v) is 11.1. The molecular weight excluding hydrogens is 250 g/mol. The molecule has 0 spiro atoms. The molecule has 4 nitrogen and oxygen atoms in total. The van der Waals surface area contributed by atoms with Gasteiger partial charge in [0.25, 0.3) is 0 Å². The zero-order chi connectivity index (χ0) is 12.7. The first kappa shape index (κ1) is 11.8. The third-order valence-corrected chi connectivity index (χ3v) is 4.07. The molecule has 5 heteroatoms. The summed E-state index contributed by atoms with van der Waals surface area (Å²) in [6.45, 7) is 1.93. The number of halogens is 1. The second-order valence-electron chi connectivity index (χ2n) is 5.02. The molecule has 2 heterocycles. The molecule has 1 aromatic rings. The molecule has 2 aliphatic rings. The predicted octanol–water partition coefficient (Wildman–Crippen LogP) is 2.82. The van der Waals surface area contributed by atoms with Gasteiger partial charge in [0.2, 0.25) is 5.91 Å². The summed E-state index contributed by atoms with van der Waals surface area (Å²) in [4.78, 5) is 18.5. The minimum Gasteiger partial charge on any atom is -0.340 e. The van der Waals surface area contributed by atoms with E-state index in [0.29, 0.717) is 11.2 Å². The van der Waals surface area contributed by atoms with E-state index in [9.17, 15) is 4.79 Å². The van der Waals surface area contributed by atoms with E-state index in [-0.39, 0.29) is 11.9 Å². The van der Waals surface area contributed by atoms with Crippen molar-refractivity contribution in [2.75, 3.05) is 10.2 Å². The van der Waals surface area contributed by atoms with Crippen molar-refractivity contribution in [3.63, 3.8) is 0 Å². The second-order valence-corrected chi connectivity index (χ2v) is 5.40. The van der Waals surface area contributed by atoms with Crippen LogP contribution in [0.25, 0.3) is 0 Å². The van der Waals surface area contributed by atoms with Crippen LogP contribution in [0, 0.1) is 0 Å². The Hall–Kier alpha value is -1.29. The van der Waals surface area contributed by atoms with Gasteiger partial charge >= 0.3 is 0 Å². The van der Waals surface area contributed by atoms with Gasteiger partial charge < -0.3 is 10.2 Å². The summed E-state index contributed by atoms with van der Waals surface area (Å²) in [7, 11) is 0. The molecule has 0 radical (unpaired) electrons. The first-order chi connectivity index (χ1) is 8.66. The smallest absolute Gasteiger partial charge is 0.246 e. The summed E-state index contributed by atoms with van der Waals surface area (Å²) >= 11 is 5.98. The lowest BCUT2D eigenvalue weighted by atomic mass is 10.1. The fourth-order valence-corrected chi connectivity index (χ4v) is 3.08. The highest BCUT2D eigenvalue weighted by Gasteiger charge is 2.36. The Kier molecular flexibility index (Phi) is 2.90. The summed E-state index contributed by atoms with van der Waals surface area (Å²) in [5.41, 5.74) is 0.773. The van der Waals surface area contributed by atoms with Crippen molar-refractivity contribution < 1.29 is 4.79 Å². The van der Waals surface area contributed by atoms with E-state index in [1.54, 1.807) is 6.07 Å². The number of hydrogen-bond acceptors (Lipinski definition) is 3. The molecule has 3 rings (SSSR count). The molecule has 1 aromatic heterocycles. The highest BCUT2D eigenvalue weighted by atomic mass is 35.5. The number of rotatable bonds is 1. The Balaban J connectivity index is 2.05. The highest BCUT2D eigenvalue weighted by Crippen LogP contribution is 2.37. The molecule has 0 unspecified atom stereocenters. The Morgan fingerprint density at radius 1 is 1.39 bits per heavy atom. The van der Waals surface area contributed by atoms with Crippen molar-refractivity contribution in [3.05, 3.63) is 17.3 Å². The molecule has 18 heavy (non-hydrogen) atoms. The molecule has 0 saturated heterocycles. The number of carbonyl (C=O) groups is 1. The highest BCUT2D eigenvalue weighted by molar-refractivity contribution is 6.29. The summed E-state index contributed by atoms with van der Waals surface area (Å²) in [6.07, 6.45) is 4.72. The van der Waals surface area contributed by atoms with Crippen molar-refractivity contribution >= 4 is 29.0 Å². The monoisotopic (exact) mass is 265 g/mol. The SMILES string of the molecule is C[C@@H]1C(=O)Nc2ccc(Cl)nc2N1C1CCCC1. The first-order valence-electron chi connectivity index (χ1n) is 6.42. The molecule has 0 bridgehead atoms. The molecule has 1 saturated carbocycles. The maximum Gasteiger partial charge on any atom is 0.246 e. The Labute approximate surface area is 111 Å². The molecular formula is C13H16ClN3O. The van der Waals surface area contributed by atoms with Crippen molar-refractivity contribution in [2.24, 2.45) is 0 Å². The van der Waals surface area contributed by atoms with Crippen molar-refractivity contribution in [1.82, 2.24) is 4.98 Å². The number of fused-ring (bicyclic) bond motifs is 1.